The Bertz CT molecular complexity index is 1350. The molecule has 2 aliphatic heterocycles. The molecule has 3 aromatic rings. The van der Waals surface area contributed by atoms with Gasteiger partial charge < -0.3 is 15.1 Å². The molecule has 0 bridgehead atoms. The minimum absolute atomic E-state index is 0. The monoisotopic (exact) mass is 546 g/mol. The molecular weight excluding hydrogens is 516 g/mol. The van der Waals surface area contributed by atoms with Gasteiger partial charge in [0.25, 0.3) is 11.8 Å². The molecule has 2 aliphatic rings. The van der Waals surface area contributed by atoms with Crippen LogP contribution in [0.3, 0.4) is 0 Å². The van der Waals surface area contributed by atoms with Gasteiger partial charge in [-0.3, -0.25) is 24.1 Å². The van der Waals surface area contributed by atoms with Gasteiger partial charge in [0.2, 0.25) is 11.8 Å². The number of halogens is 1. The molecule has 0 fully saturated rings. The fourth-order valence-corrected chi connectivity index (χ4v) is 5.11. The van der Waals surface area contributed by atoms with Crippen molar-refractivity contribution in [2.24, 2.45) is 0 Å². The lowest BCUT2D eigenvalue weighted by Crippen LogP contribution is -2.51. The highest BCUT2D eigenvalue weighted by Crippen LogP contribution is 2.36. The van der Waals surface area contributed by atoms with Crippen molar-refractivity contribution in [1.29, 1.82) is 0 Å². The third kappa shape index (κ3) is 5.57. The summed E-state index contributed by atoms with van der Waals surface area (Å²) in [5.41, 5.74) is 2.77. The van der Waals surface area contributed by atoms with Crippen LogP contribution in [0.4, 0.5) is 11.4 Å². The fraction of sp³-hybridized carbons (Fsp3) is 0.267. The van der Waals surface area contributed by atoms with Crippen LogP contribution >= 0.6 is 12.4 Å². The number of imide groups is 1. The van der Waals surface area contributed by atoms with E-state index in [1.54, 1.807) is 34.1 Å². The maximum absolute atomic E-state index is 13.9. The van der Waals surface area contributed by atoms with Gasteiger partial charge >= 0.3 is 0 Å². The first-order chi connectivity index (χ1) is 18.5. The number of carbonyl (C=O) groups is 4. The third-order valence-corrected chi connectivity index (χ3v) is 6.94. The number of nitrogens with zero attached hydrogens (tertiary/aromatic N) is 3. The molecule has 202 valence electrons. The number of nitrogens with one attached hydrogen (secondary N) is 1. The van der Waals surface area contributed by atoms with E-state index < -0.39 is 30.3 Å². The first kappa shape index (κ1) is 28.0. The molecule has 2 heterocycles. The summed E-state index contributed by atoms with van der Waals surface area (Å²) in [5.74, 6) is -1.47. The van der Waals surface area contributed by atoms with E-state index in [4.69, 9.17) is 0 Å². The molecule has 3 aromatic carbocycles. The van der Waals surface area contributed by atoms with Gasteiger partial charge in [-0.25, -0.2) is 0 Å². The highest BCUT2D eigenvalue weighted by molar-refractivity contribution is 6.23. The Hall–Kier alpha value is -4.01. The van der Waals surface area contributed by atoms with Gasteiger partial charge in [0, 0.05) is 13.0 Å². The Morgan fingerprint density at radius 3 is 2.05 bits per heavy atom. The molecule has 9 heteroatoms. The van der Waals surface area contributed by atoms with E-state index in [0.29, 0.717) is 35.6 Å². The second kappa shape index (κ2) is 12.2. The predicted molar refractivity (Wildman–Crippen MR) is 152 cm³/mol. The van der Waals surface area contributed by atoms with Crippen LogP contribution in [0.25, 0.3) is 0 Å². The highest BCUT2D eigenvalue weighted by Gasteiger charge is 2.40. The van der Waals surface area contributed by atoms with Gasteiger partial charge in [0.15, 0.2) is 0 Å². The van der Waals surface area contributed by atoms with Crippen LogP contribution < -0.4 is 15.1 Å². The van der Waals surface area contributed by atoms with Crippen molar-refractivity contribution in [3.63, 3.8) is 0 Å². The Morgan fingerprint density at radius 2 is 1.41 bits per heavy atom. The number of fused-ring (bicyclic) bond motifs is 2. The molecule has 1 atom stereocenters. The van der Waals surface area contributed by atoms with E-state index >= 15 is 0 Å². The highest BCUT2D eigenvalue weighted by atomic mass is 35.5. The Morgan fingerprint density at radius 1 is 0.821 bits per heavy atom. The minimum Gasteiger partial charge on any atom is -0.315 e. The number of anilines is 2. The number of para-hydroxylation sites is 2. The number of hydrogen-bond donors (Lipinski definition) is 1. The van der Waals surface area contributed by atoms with Crippen LogP contribution in [0.15, 0.2) is 78.9 Å². The van der Waals surface area contributed by atoms with Crippen molar-refractivity contribution >= 4 is 47.4 Å². The smallest absolute Gasteiger partial charge is 0.262 e. The van der Waals surface area contributed by atoms with E-state index in [-0.39, 0.29) is 24.7 Å². The normalized spacial score (nSPS) is 16.5. The van der Waals surface area contributed by atoms with Crippen molar-refractivity contribution in [2.45, 2.75) is 32.4 Å². The summed E-state index contributed by atoms with van der Waals surface area (Å²) in [5, 5.41) is 3.35. The molecule has 0 radical (unpaired) electrons. The summed E-state index contributed by atoms with van der Waals surface area (Å²) in [6.07, 6.45) is 1.01. The topological polar surface area (TPSA) is 90.0 Å². The van der Waals surface area contributed by atoms with Crippen molar-refractivity contribution in [1.82, 2.24) is 10.2 Å². The zero-order valence-corrected chi connectivity index (χ0v) is 22.5. The standard InChI is InChI=1S/C30H30N4O4.ClH/c1-2-16-31-18-22-17-27(35)32(19-21-10-4-3-5-11-21)25-14-8-9-15-26(25)34(22)28(36)20-33-29(37)23-12-6-7-13-24(23)30(33)38;/h3-15,22,31H,2,16-20H2,1H3;1H. The summed E-state index contributed by atoms with van der Waals surface area (Å²) in [7, 11) is 0. The molecule has 0 aromatic heterocycles. The van der Waals surface area contributed by atoms with E-state index in [1.165, 1.54) is 0 Å². The van der Waals surface area contributed by atoms with E-state index in [9.17, 15) is 19.2 Å². The first-order valence-corrected chi connectivity index (χ1v) is 12.9. The molecule has 1 N–H and O–H groups in total. The molecule has 0 saturated carbocycles. The molecule has 39 heavy (non-hydrogen) atoms. The SMILES string of the molecule is CCCNCC1CC(=O)N(Cc2ccccc2)c2ccccc2N1C(=O)CN1C(=O)c2ccccc2C1=O.Cl. The van der Waals surface area contributed by atoms with E-state index in [2.05, 4.69) is 5.32 Å². The minimum atomic E-state index is -0.487. The maximum Gasteiger partial charge on any atom is 0.262 e. The second-order valence-corrected chi connectivity index (χ2v) is 9.52. The molecule has 5 rings (SSSR count). The van der Waals surface area contributed by atoms with Gasteiger partial charge in [-0.05, 0) is 42.8 Å². The lowest BCUT2D eigenvalue weighted by atomic mass is 10.1. The second-order valence-electron chi connectivity index (χ2n) is 9.52. The number of benzene rings is 3. The fourth-order valence-electron chi connectivity index (χ4n) is 5.11. The van der Waals surface area contributed by atoms with Gasteiger partial charge in [-0.1, -0.05) is 61.5 Å². The van der Waals surface area contributed by atoms with Gasteiger partial charge in [0.05, 0.1) is 35.1 Å². The van der Waals surface area contributed by atoms with E-state index in [1.807, 2.05) is 61.5 Å². The Labute approximate surface area is 234 Å². The van der Waals surface area contributed by atoms with Gasteiger partial charge in [0.1, 0.15) is 6.54 Å². The van der Waals surface area contributed by atoms with Crippen LogP contribution in [0.5, 0.6) is 0 Å². The van der Waals surface area contributed by atoms with Crippen LogP contribution in [0.2, 0.25) is 0 Å². The van der Waals surface area contributed by atoms with Crippen LogP contribution in [0.1, 0.15) is 46.0 Å². The quantitative estimate of drug-likeness (QED) is 0.340. The number of rotatable bonds is 8. The molecule has 1 unspecified atom stereocenters. The molecule has 0 aliphatic carbocycles. The van der Waals surface area contributed by atoms with Gasteiger partial charge in [-0.15, -0.1) is 12.4 Å². The van der Waals surface area contributed by atoms with Crippen LogP contribution in [0, 0.1) is 0 Å². The molecule has 0 spiro atoms. The van der Waals surface area contributed by atoms with Crippen LogP contribution in [-0.2, 0) is 16.1 Å². The predicted octanol–water partition coefficient (Wildman–Crippen LogP) is 4.04. The summed E-state index contributed by atoms with van der Waals surface area (Å²) >= 11 is 0. The average molecular weight is 547 g/mol. The third-order valence-electron chi connectivity index (χ3n) is 6.94. The van der Waals surface area contributed by atoms with Crippen molar-refractivity contribution in [3.05, 3.63) is 95.6 Å². The van der Waals surface area contributed by atoms with Crippen molar-refractivity contribution < 1.29 is 19.2 Å². The largest absolute Gasteiger partial charge is 0.315 e. The van der Waals surface area contributed by atoms with E-state index in [0.717, 1.165) is 23.4 Å². The Balaban J connectivity index is 0.00000353. The average Bonchev–Trinajstić information content (AvgIpc) is 3.10. The van der Waals surface area contributed by atoms with Crippen molar-refractivity contribution in [2.75, 3.05) is 29.4 Å². The maximum atomic E-state index is 13.9. The first-order valence-electron chi connectivity index (χ1n) is 12.9. The summed E-state index contributed by atoms with van der Waals surface area (Å²) in [4.78, 5) is 57.9. The summed E-state index contributed by atoms with van der Waals surface area (Å²) in [6.45, 7) is 3.15. The zero-order valence-electron chi connectivity index (χ0n) is 21.7. The zero-order chi connectivity index (χ0) is 26.6. The lowest BCUT2D eigenvalue weighted by Gasteiger charge is -2.32. The van der Waals surface area contributed by atoms with Crippen molar-refractivity contribution in [3.8, 4) is 0 Å². The lowest BCUT2D eigenvalue weighted by molar-refractivity contribution is -0.120. The number of amides is 4. The molecule has 4 amide bonds. The number of hydrogen-bond acceptors (Lipinski definition) is 5. The molecular formula is C30H31ClN4O4. The summed E-state index contributed by atoms with van der Waals surface area (Å²) in [6, 6.07) is 23.1. The van der Waals surface area contributed by atoms with Gasteiger partial charge in [-0.2, -0.15) is 0 Å². The number of carbonyl (C=O) groups excluding carboxylic acids is 4. The summed E-state index contributed by atoms with van der Waals surface area (Å²) < 4.78 is 0. The van der Waals surface area contributed by atoms with Crippen LogP contribution in [-0.4, -0.2) is 54.2 Å². The molecule has 0 saturated heterocycles. The Kier molecular flexibility index (Phi) is 8.79. The molecule has 8 nitrogen and oxygen atoms in total.